The number of morpholine rings is 1. The Morgan fingerprint density at radius 2 is 2.09 bits per heavy atom. The molecule has 0 aromatic carbocycles. The minimum absolute atomic E-state index is 0.362. The molecule has 0 aliphatic carbocycles. The summed E-state index contributed by atoms with van der Waals surface area (Å²) in [5.41, 5.74) is -0.205. The van der Waals surface area contributed by atoms with Crippen molar-refractivity contribution in [2.45, 2.75) is 13.5 Å². The number of hydrogen-bond acceptors (Lipinski definition) is 5. The van der Waals surface area contributed by atoms with Crippen molar-refractivity contribution in [2.24, 2.45) is 7.05 Å². The second-order valence-electron chi connectivity index (χ2n) is 5.40. The normalized spacial score (nSPS) is 16.3. The van der Waals surface area contributed by atoms with Crippen LogP contribution in [0.5, 0.6) is 0 Å². The second-order valence-corrected chi connectivity index (χ2v) is 6.00. The van der Waals surface area contributed by atoms with Crippen LogP contribution in [0.3, 0.4) is 0 Å². The third kappa shape index (κ3) is 2.91. The summed E-state index contributed by atoms with van der Waals surface area (Å²) in [6.45, 7) is 4.73. The zero-order valence-corrected chi connectivity index (χ0v) is 13.8. The number of aromatic amines is 1. The minimum atomic E-state index is -0.482. The van der Waals surface area contributed by atoms with Crippen molar-refractivity contribution in [3.8, 4) is 0 Å². The number of halogens is 1. The molecule has 3 heterocycles. The number of imidazole rings is 1. The summed E-state index contributed by atoms with van der Waals surface area (Å²) in [6, 6.07) is 0. The van der Waals surface area contributed by atoms with E-state index in [1.807, 2.05) is 4.90 Å². The number of aryl methyl sites for hydroxylation is 1. The molecule has 2 aromatic rings. The van der Waals surface area contributed by atoms with Gasteiger partial charge in [0.15, 0.2) is 11.2 Å². The molecule has 23 heavy (non-hydrogen) atoms. The average molecular weight is 340 g/mol. The first-order chi connectivity index (χ1) is 11.0. The number of ether oxygens (including phenoxy) is 1. The van der Waals surface area contributed by atoms with Crippen molar-refractivity contribution in [3.05, 3.63) is 31.9 Å². The Morgan fingerprint density at radius 3 is 2.74 bits per heavy atom. The van der Waals surface area contributed by atoms with Crippen LogP contribution >= 0.6 is 11.6 Å². The highest BCUT2D eigenvalue weighted by atomic mass is 35.5. The molecule has 1 aliphatic heterocycles. The molecule has 0 spiro atoms. The van der Waals surface area contributed by atoms with E-state index in [1.54, 1.807) is 24.6 Å². The maximum absolute atomic E-state index is 12.3. The molecular weight excluding hydrogens is 322 g/mol. The van der Waals surface area contributed by atoms with Crippen molar-refractivity contribution in [1.82, 2.24) is 19.1 Å². The van der Waals surface area contributed by atoms with Gasteiger partial charge in [0.25, 0.3) is 5.56 Å². The van der Waals surface area contributed by atoms with Crippen LogP contribution in [-0.2, 0) is 18.3 Å². The third-order valence-corrected chi connectivity index (χ3v) is 3.99. The van der Waals surface area contributed by atoms with E-state index in [1.165, 1.54) is 4.57 Å². The Balaban J connectivity index is 2.24. The standard InChI is InChI=1S/C14H18ClN5O3/c1-9(15)3-4-20-10-11(18(2)14(22)17-12(10)21)16-13(20)19-5-7-23-8-6-19/h3H,4-8H2,1-2H3,(H,17,21,22)/b9-3-. The van der Waals surface area contributed by atoms with E-state index >= 15 is 0 Å². The van der Waals surface area contributed by atoms with E-state index in [2.05, 4.69) is 9.97 Å². The van der Waals surface area contributed by atoms with Gasteiger partial charge in [-0.1, -0.05) is 17.7 Å². The van der Waals surface area contributed by atoms with Gasteiger partial charge < -0.3 is 14.2 Å². The fourth-order valence-corrected chi connectivity index (χ4v) is 2.69. The van der Waals surface area contributed by atoms with Gasteiger partial charge in [0.1, 0.15) is 0 Å². The highest BCUT2D eigenvalue weighted by Gasteiger charge is 2.22. The number of nitrogens with zero attached hydrogens (tertiary/aromatic N) is 4. The van der Waals surface area contributed by atoms with Crippen LogP contribution in [0, 0.1) is 0 Å². The minimum Gasteiger partial charge on any atom is -0.378 e. The molecule has 0 unspecified atom stereocenters. The van der Waals surface area contributed by atoms with Gasteiger partial charge in [0, 0.05) is 31.7 Å². The van der Waals surface area contributed by atoms with Crippen LogP contribution in [0.15, 0.2) is 20.7 Å². The zero-order chi connectivity index (χ0) is 16.6. The lowest BCUT2D eigenvalue weighted by Gasteiger charge is -2.28. The molecule has 0 saturated carbocycles. The Labute approximate surface area is 136 Å². The van der Waals surface area contributed by atoms with Crippen LogP contribution in [0.1, 0.15) is 6.92 Å². The molecule has 9 heteroatoms. The van der Waals surface area contributed by atoms with Crippen LogP contribution in [0.2, 0.25) is 0 Å². The van der Waals surface area contributed by atoms with Gasteiger partial charge in [-0.05, 0) is 6.92 Å². The molecule has 124 valence electrons. The van der Waals surface area contributed by atoms with Gasteiger partial charge in [-0.25, -0.2) is 4.79 Å². The monoisotopic (exact) mass is 339 g/mol. The summed E-state index contributed by atoms with van der Waals surface area (Å²) in [4.78, 5) is 33.0. The zero-order valence-electron chi connectivity index (χ0n) is 13.0. The van der Waals surface area contributed by atoms with Crippen molar-refractivity contribution >= 4 is 28.7 Å². The Morgan fingerprint density at radius 1 is 1.39 bits per heavy atom. The largest absolute Gasteiger partial charge is 0.378 e. The summed E-state index contributed by atoms with van der Waals surface area (Å²) in [5.74, 6) is 0.643. The molecule has 1 fully saturated rings. The molecule has 2 aromatic heterocycles. The van der Waals surface area contributed by atoms with E-state index in [9.17, 15) is 9.59 Å². The van der Waals surface area contributed by atoms with E-state index in [0.717, 1.165) is 0 Å². The number of H-pyrrole nitrogens is 1. The van der Waals surface area contributed by atoms with Crippen LogP contribution in [0.4, 0.5) is 5.95 Å². The highest BCUT2D eigenvalue weighted by molar-refractivity contribution is 6.29. The maximum atomic E-state index is 12.3. The Kier molecular flexibility index (Phi) is 4.27. The van der Waals surface area contributed by atoms with Crippen LogP contribution in [0.25, 0.3) is 11.2 Å². The first-order valence-electron chi connectivity index (χ1n) is 7.33. The molecular formula is C14H18ClN5O3. The quantitative estimate of drug-likeness (QED) is 0.875. The van der Waals surface area contributed by atoms with Crippen molar-refractivity contribution in [2.75, 3.05) is 31.2 Å². The van der Waals surface area contributed by atoms with Crippen molar-refractivity contribution < 1.29 is 4.74 Å². The first-order valence-corrected chi connectivity index (χ1v) is 7.71. The molecule has 3 rings (SSSR count). The van der Waals surface area contributed by atoms with Crippen LogP contribution < -0.4 is 16.1 Å². The van der Waals surface area contributed by atoms with Gasteiger partial charge in [0.05, 0.1) is 13.2 Å². The SMILES string of the molecule is C/C(Cl)=C/Cn1c(N2CCOCC2)nc2c1c(=O)[nH]c(=O)n2C. The predicted octanol–water partition coefficient (Wildman–Crippen LogP) is 0.402. The first kappa shape index (κ1) is 15.8. The van der Waals surface area contributed by atoms with Gasteiger partial charge in [-0.3, -0.25) is 14.3 Å². The highest BCUT2D eigenvalue weighted by Crippen LogP contribution is 2.21. The molecule has 0 atom stereocenters. The van der Waals surface area contributed by atoms with Crippen LogP contribution in [-0.4, -0.2) is 45.4 Å². The number of rotatable bonds is 3. The Hall–Kier alpha value is -2.06. The van der Waals surface area contributed by atoms with Gasteiger partial charge in [-0.15, -0.1) is 0 Å². The number of anilines is 1. The lowest BCUT2D eigenvalue weighted by Crippen LogP contribution is -2.38. The third-order valence-electron chi connectivity index (χ3n) is 3.84. The summed E-state index contributed by atoms with van der Waals surface area (Å²) >= 11 is 5.93. The summed E-state index contributed by atoms with van der Waals surface area (Å²) in [6.07, 6.45) is 1.80. The van der Waals surface area contributed by atoms with Crippen molar-refractivity contribution in [1.29, 1.82) is 0 Å². The topological polar surface area (TPSA) is 85.2 Å². The summed E-state index contributed by atoms with van der Waals surface area (Å²) in [7, 11) is 1.59. The fraction of sp³-hybridized carbons (Fsp3) is 0.500. The lowest BCUT2D eigenvalue weighted by atomic mass is 10.4. The molecule has 1 N–H and O–H groups in total. The Bertz CT molecular complexity index is 869. The van der Waals surface area contributed by atoms with E-state index in [-0.39, 0.29) is 0 Å². The van der Waals surface area contributed by atoms with Gasteiger partial charge in [-0.2, -0.15) is 4.98 Å². The molecule has 0 bridgehead atoms. The number of nitrogens with one attached hydrogen (secondary N) is 1. The second kappa shape index (κ2) is 6.21. The average Bonchev–Trinajstić information content (AvgIpc) is 2.91. The number of allylic oxidation sites excluding steroid dienone is 2. The smallest absolute Gasteiger partial charge is 0.329 e. The van der Waals surface area contributed by atoms with E-state index < -0.39 is 11.2 Å². The molecule has 1 aliphatic rings. The number of hydrogen-bond donors (Lipinski definition) is 1. The number of fused-ring (bicyclic) bond motifs is 1. The molecule has 1 saturated heterocycles. The molecule has 8 nitrogen and oxygen atoms in total. The van der Waals surface area contributed by atoms with Gasteiger partial charge in [0.2, 0.25) is 5.95 Å². The molecule has 0 amide bonds. The number of aromatic nitrogens is 4. The van der Waals surface area contributed by atoms with Crippen molar-refractivity contribution in [3.63, 3.8) is 0 Å². The lowest BCUT2D eigenvalue weighted by molar-refractivity contribution is 0.121. The fourth-order valence-electron chi connectivity index (χ4n) is 2.62. The molecule has 0 radical (unpaired) electrons. The van der Waals surface area contributed by atoms with E-state index in [4.69, 9.17) is 16.3 Å². The predicted molar refractivity (Wildman–Crippen MR) is 88.2 cm³/mol. The van der Waals surface area contributed by atoms with E-state index in [0.29, 0.717) is 55.0 Å². The van der Waals surface area contributed by atoms with Gasteiger partial charge >= 0.3 is 5.69 Å². The summed E-state index contributed by atoms with van der Waals surface area (Å²) in [5, 5.41) is 0.626. The maximum Gasteiger partial charge on any atom is 0.329 e. The summed E-state index contributed by atoms with van der Waals surface area (Å²) < 4.78 is 8.49.